The number of carbonyl (C=O) groups excluding carboxylic acids is 2. The minimum Gasteiger partial charge on any atom is -0.383 e. The normalized spacial score (nSPS) is 14.2. The topological polar surface area (TPSA) is 129 Å². The second-order valence-corrected chi connectivity index (χ2v) is 8.11. The molecular weight excluding hydrogens is 444 g/mol. The molecule has 0 bridgehead atoms. The second-order valence-electron chi connectivity index (χ2n) is 8.11. The molecule has 1 aromatic heterocycles. The number of aliphatic hydroxyl groups excluding tert-OH is 1. The van der Waals surface area contributed by atoms with Gasteiger partial charge in [0.25, 0.3) is 11.8 Å². The molecule has 0 radical (unpaired) electrons. The molecule has 0 unspecified atom stereocenters. The van der Waals surface area contributed by atoms with Crippen molar-refractivity contribution < 1.29 is 23.5 Å². The zero-order chi connectivity index (χ0) is 24.4. The summed E-state index contributed by atoms with van der Waals surface area (Å²) in [7, 11) is 0. The fourth-order valence-electron chi connectivity index (χ4n) is 3.62. The third-order valence-corrected chi connectivity index (χ3v) is 5.53. The Kier molecular flexibility index (Phi) is 6.53. The lowest BCUT2D eigenvalue weighted by atomic mass is 9.99. The van der Waals surface area contributed by atoms with Crippen LogP contribution in [-0.4, -0.2) is 41.0 Å². The summed E-state index contributed by atoms with van der Waals surface area (Å²) < 4.78 is 26.8. The average molecular weight is 467 g/mol. The van der Waals surface area contributed by atoms with Crippen LogP contribution in [0, 0.1) is 18.6 Å². The van der Waals surface area contributed by atoms with Gasteiger partial charge in [-0.15, -0.1) is 0 Å². The van der Waals surface area contributed by atoms with Gasteiger partial charge < -0.3 is 26.8 Å². The van der Waals surface area contributed by atoms with Gasteiger partial charge in [0.05, 0.1) is 11.6 Å². The largest absolute Gasteiger partial charge is 0.383 e. The quantitative estimate of drug-likeness (QED) is 0.378. The summed E-state index contributed by atoms with van der Waals surface area (Å²) in [5.74, 6) is -2.80. The standard InChI is InChI=1S/C24H23F2N5O3/c1-12-4-17(30-24(34)21(32)13-5-15(25)8-16(26)6-13)2-3-19(12)14-7-20(22(27)29-9-14)23(33)31-18-10-28-11-18/h2-9,18,21,28,32H,10-11H2,1H3,(H2,27,29)(H,30,34)(H,31,33)/t21-/m0/s1. The van der Waals surface area contributed by atoms with Crippen molar-refractivity contribution in [3.63, 3.8) is 0 Å². The molecule has 1 atom stereocenters. The van der Waals surface area contributed by atoms with Gasteiger partial charge in [-0.05, 0) is 53.9 Å². The summed E-state index contributed by atoms with van der Waals surface area (Å²) in [5.41, 5.74) is 8.54. The molecule has 6 N–H and O–H groups in total. The number of anilines is 2. The van der Waals surface area contributed by atoms with Crippen molar-refractivity contribution in [2.45, 2.75) is 19.1 Å². The minimum absolute atomic E-state index is 0.0550. The molecule has 34 heavy (non-hydrogen) atoms. The highest BCUT2D eigenvalue weighted by atomic mass is 19.1. The number of amides is 2. The number of halogens is 2. The monoisotopic (exact) mass is 467 g/mol. The van der Waals surface area contributed by atoms with E-state index in [-0.39, 0.29) is 28.9 Å². The predicted octanol–water partition coefficient (Wildman–Crippen LogP) is 2.29. The van der Waals surface area contributed by atoms with E-state index in [0.717, 1.165) is 23.3 Å². The Bertz CT molecular complexity index is 1240. The Morgan fingerprint density at radius 2 is 1.85 bits per heavy atom. The number of carbonyl (C=O) groups is 2. The molecule has 176 valence electrons. The molecule has 8 nitrogen and oxygen atoms in total. The maximum atomic E-state index is 13.4. The first-order chi connectivity index (χ1) is 16.2. The van der Waals surface area contributed by atoms with E-state index in [0.29, 0.717) is 30.4 Å². The highest BCUT2D eigenvalue weighted by molar-refractivity contribution is 6.00. The summed E-state index contributed by atoms with van der Waals surface area (Å²) in [4.78, 5) is 29.1. The van der Waals surface area contributed by atoms with E-state index >= 15 is 0 Å². The van der Waals surface area contributed by atoms with Crippen LogP contribution in [-0.2, 0) is 4.79 Å². The number of aromatic nitrogens is 1. The molecule has 1 saturated heterocycles. The van der Waals surface area contributed by atoms with Crippen LogP contribution >= 0.6 is 0 Å². The number of nitrogen functional groups attached to an aromatic ring is 1. The van der Waals surface area contributed by atoms with Crippen LogP contribution in [0.1, 0.15) is 27.6 Å². The average Bonchev–Trinajstić information content (AvgIpc) is 2.75. The third kappa shape index (κ3) is 5.03. The van der Waals surface area contributed by atoms with Crippen LogP contribution in [0.25, 0.3) is 11.1 Å². The van der Waals surface area contributed by atoms with E-state index in [9.17, 15) is 23.5 Å². The van der Waals surface area contributed by atoms with Crippen LogP contribution < -0.4 is 21.7 Å². The molecule has 2 heterocycles. The molecule has 10 heteroatoms. The van der Waals surface area contributed by atoms with Gasteiger partial charge in [-0.2, -0.15) is 0 Å². The summed E-state index contributed by atoms with van der Waals surface area (Å²) in [6, 6.07) is 9.16. The Morgan fingerprint density at radius 3 is 2.47 bits per heavy atom. The summed E-state index contributed by atoms with van der Waals surface area (Å²) in [6.45, 7) is 3.21. The molecule has 2 aromatic carbocycles. The zero-order valence-electron chi connectivity index (χ0n) is 18.2. The first-order valence-electron chi connectivity index (χ1n) is 10.5. The number of rotatable bonds is 6. The van der Waals surface area contributed by atoms with E-state index in [2.05, 4.69) is 20.9 Å². The zero-order valence-corrected chi connectivity index (χ0v) is 18.2. The number of hydrogen-bond acceptors (Lipinski definition) is 6. The lowest BCUT2D eigenvalue weighted by molar-refractivity contribution is -0.124. The van der Waals surface area contributed by atoms with Gasteiger partial charge in [-0.3, -0.25) is 9.59 Å². The highest BCUT2D eigenvalue weighted by Crippen LogP contribution is 2.28. The summed E-state index contributed by atoms with van der Waals surface area (Å²) in [6.07, 6.45) is -0.196. The maximum Gasteiger partial charge on any atom is 0.257 e. The van der Waals surface area contributed by atoms with Crippen LogP contribution in [0.15, 0.2) is 48.7 Å². The van der Waals surface area contributed by atoms with Gasteiger partial charge in [0.2, 0.25) is 0 Å². The fraction of sp³-hybridized carbons (Fsp3) is 0.208. The van der Waals surface area contributed by atoms with E-state index in [1.165, 1.54) is 0 Å². The SMILES string of the molecule is Cc1cc(NC(=O)[C@@H](O)c2cc(F)cc(F)c2)ccc1-c1cnc(N)c(C(=O)NC2CNC2)c1. The van der Waals surface area contributed by atoms with Gasteiger partial charge in [0.1, 0.15) is 17.5 Å². The van der Waals surface area contributed by atoms with Crippen LogP contribution in [0.5, 0.6) is 0 Å². The predicted molar refractivity (Wildman–Crippen MR) is 123 cm³/mol. The van der Waals surface area contributed by atoms with E-state index in [1.807, 2.05) is 0 Å². The van der Waals surface area contributed by atoms with Gasteiger partial charge in [0, 0.05) is 36.6 Å². The van der Waals surface area contributed by atoms with Crippen LogP contribution in [0.4, 0.5) is 20.3 Å². The van der Waals surface area contributed by atoms with Crippen molar-refractivity contribution in [3.8, 4) is 11.1 Å². The molecule has 0 aliphatic carbocycles. The first-order valence-corrected chi connectivity index (χ1v) is 10.5. The Balaban J connectivity index is 1.51. The molecule has 3 aromatic rings. The van der Waals surface area contributed by atoms with E-state index in [1.54, 1.807) is 37.4 Å². The molecule has 2 amide bonds. The van der Waals surface area contributed by atoms with Crippen molar-refractivity contribution in [2.75, 3.05) is 24.1 Å². The Hall–Kier alpha value is -3.89. The van der Waals surface area contributed by atoms with Crippen molar-refractivity contribution in [1.82, 2.24) is 15.6 Å². The van der Waals surface area contributed by atoms with Crippen molar-refractivity contribution >= 4 is 23.3 Å². The van der Waals surface area contributed by atoms with Gasteiger partial charge in [-0.1, -0.05) is 6.07 Å². The van der Waals surface area contributed by atoms with Crippen LogP contribution in [0.3, 0.4) is 0 Å². The molecule has 0 spiro atoms. The highest BCUT2D eigenvalue weighted by Gasteiger charge is 2.22. The van der Waals surface area contributed by atoms with Gasteiger partial charge >= 0.3 is 0 Å². The first kappa shape index (κ1) is 23.3. The number of pyridine rings is 1. The summed E-state index contributed by atoms with van der Waals surface area (Å²) >= 11 is 0. The van der Waals surface area contributed by atoms with Crippen LogP contribution in [0.2, 0.25) is 0 Å². The van der Waals surface area contributed by atoms with E-state index < -0.39 is 23.6 Å². The number of nitrogens with two attached hydrogens (primary N) is 1. The number of hydrogen-bond donors (Lipinski definition) is 5. The smallest absolute Gasteiger partial charge is 0.257 e. The number of aryl methyl sites for hydroxylation is 1. The molecule has 1 fully saturated rings. The number of benzene rings is 2. The molecule has 1 aliphatic heterocycles. The number of nitrogens with one attached hydrogen (secondary N) is 3. The third-order valence-electron chi connectivity index (χ3n) is 5.53. The van der Waals surface area contributed by atoms with Gasteiger partial charge in [0.15, 0.2) is 6.10 Å². The molecular formula is C24H23F2N5O3. The minimum atomic E-state index is -1.75. The Labute approximate surface area is 194 Å². The van der Waals surface area contributed by atoms with Crippen molar-refractivity contribution in [1.29, 1.82) is 0 Å². The van der Waals surface area contributed by atoms with Gasteiger partial charge in [-0.25, -0.2) is 13.8 Å². The van der Waals surface area contributed by atoms with Crippen molar-refractivity contribution in [2.24, 2.45) is 0 Å². The number of nitrogens with zero attached hydrogens (tertiary/aromatic N) is 1. The summed E-state index contributed by atoms with van der Waals surface area (Å²) in [5, 5.41) is 18.7. The molecule has 4 rings (SSSR count). The molecule has 1 aliphatic rings. The lowest BCUT2D eigenvalue weighted by Crippen LogP contribution is -2.57. The maximum absolute atomic E-state index is 13.4. The fourth-order valence-corrected chi connectivity index (χ4v) is 3.62. The van der Waals surface area contributed by atoms with E-state index in [4.69, 9.17) is 5.73 Å². The molecule has 0 saturated carbocycles. The number of aliphatic hydroxyl groups is 1. The second kappa shape index (κ2) is 9.54. The lowest BCUT2D eigenvalue weighted by Gasteiger charge is -2.28. The Morgan fingerprint density at radius 1 is 1.15 bits per heavy atom. The van der Waals surface area contributed by atoms with Crippen molar-refractivity contribution in [3.05, 3.63) is 77.0 Å².